The molecule has 1 spiro atoms. The van der Waals surface area contributed by atoms with E-state index in [2.05, 4.69) is 36.2 Å². The maximum Gasteiger partial charge on any atom is 0.218 e. The Morgan fingerprint density at radius 3 is 2.79 bits per heavy atom. The first-order valence-electron chi connectivity index (χ1n) is 7.95. The highest BCUT2D eigenvalue weighted by molar-refractivity contribution is 5.79. The number of hydrogen-bond acceptors (Lipinski definition) is 5. The number of hydrogen-bond donors (Lipinski definition) is 1. The van der Waals surface area contributed by atoms with Gasteiger partial charge >= 0.3 is 0 Å². The minimum absolute atomic E-state index is 0.205. The summed E-state index contributed by atoms with van der Waals surface area (Å²) in [5, 5.41) is 10.7. The lowest BCUT2D eigenvalue weighted by atomic mass is 9.95. The monoisotopic (exact) mass is 318 g/mol. The van der Waals surface area contributed by atoms with Gasteiger partial charge in [0.1, 0.15) is 0 Å². The van der Waals surface area contributed by atoms with E-state index in [0.717, 1.165) is 23.1 Å². The van der Waals surface area contributed by atoms with Crippen LogP contribution in [0.5, 0.6) is 0 Å². The molecule has 24 heavy (non-hydrogen) atoms. The molecule has 0 bridgehead atoms. The molecule has 0 radical (unpaired) electrons. The normalized spacial score (nSPS) is 24.8. The SMILES string of the molecule is CC1Cc2ccc(-c3cccc(C#N)c3)cc2C12N=C(N)N(C)O2. The van der Waals surface area contributed by atoms with Crippen molar-refractivity contribution >= 4 is 5.96 Å². The van der Waals surface area contributed by atoms with Crippen molar-refractivity contribution in [1.82, 2.24) is 5.06 Å². The number of benzene rings is 2. The molecule has 2 aliphatic rings. The number of fused-ring (bicyclic) bond motifs is 2. The zero-order chi connectivity index (χ0) is 16.9. The average molecular weight is 318 g/mol. The summed E-state index contributed by atoms with van der Waals surface area (Å²) in [7, 11) is 1.78. The molecular formula is C19H18N4O. The fourth-order valence-corrected chi connectivity index (χ4v) is 3.60. The van der Waals surface area contributed by atoms with E-state index in [0.29, 0.717) is 11.5 Å². The molecule has 5 nitrogen and oxygen atoms in total. The fourth-order valence-electron chi connectivity index (χ4n) is 3.60. The number of nitrogens with zero attached hydrogens (tertiary/aromatic N) is 3. The zero-order valence-corrected chi connectivity index (χ0v) is 13.7. The van der Waals surface area contributed by atoms with Crippen molar-refractivity contribution in [3.05, 3.63) is 59.2 Å². The molecule has 1 heterocycles. The maximum atomic E-state index is 9.12. The summed E-state index contributed by atoms with van der Waals surface area (Å²) >= 11 is 0. The first-order valence-corrected chi connectivity index (χ1v) is 7.95. The smallest absolute Gasteiger partial charge is 0.218 e. The summed E-state index contributed by atoms with van der Waals surface area (Å²) in [6.07, 6.45) is 0.901. The van der Waals surface area contributed by atoms with Crippen LogP contribution in [0.2, 0.25) is 0 Å². The summed E-state index contributed by atoms with van der Waals surface area (Å²) in [4.78, 5) is 10.7. The van der Waals surface area contributed by atoms with Crippen molar-refractivity contribution in [3.63, 3.8) is 0 Å². The Balaban J connectivity index is 1.84. The van der Waals surface area contributed by atoms with Gasteiger partial charge in [-0.15, -0.1) is 0 Å². The van der Waals surface area contributed by atoms with Crippen molar-refractivity contribution in [2.45, 2.75) is 19.1 Å². The lowest BCUT2D eigenvalue weighted by Crippen LogP contribution is -2.33. The number of nitrogens with two attached hydrogens (primary N) is 1. The van der Waals surface area contributed by atoms with Crippen molar-refractivity contribution in [2.24, 2.45) is 16.6 Å². The van der Waals surface area contributed by atoms with Gasteiger partial charge in [-0.1, -0.05) is 31.2 Å². The Bertz CT molecular complexity index is 898. The predicted octanol–water partition coefficient (Wildman–Crippen LogP) is 2.76. The number of aliphatic imine (C=N–C) groups is 1. The van der Waals surface area contributed by atoms with E-state index in [-0.39, 0.29) is 5.92 Å². The molecule has 0 saturated heterocycles. The maximum absolute atomic E-state index is 9.12. The molecule has 2 aromatic rings. The van der Waals surface area contributed by atoms with Gasteiger partial charge in [-0.25, -0.2) is 14.9 Å². The Hall–Kier alpha value is -2.84. The number of rotatable bonds is 1. The highest BCUT2D eigenvalue weighted by atomic mass is 16.7. The molecule has 2 atom stereocenters. The number of hydroxylamine groups is 2. The standard InChI is InChI=1S/C19H18N4O/c1-12-8-16-7-6-15(14-5-3-4-13(9-14)11-20)10-17(16)19(12)22-18(21)23(2)24-19/h3-7,9-10,12H,8H2,1-2H3,(H2,21,22). The molecular weight excluding hydrogens is 300 g/mol. The highest BCUT2D eigenvalue weighted by Gasteiger charge is 2.51. The Morgan fingerprint density at radius 1 is 1.29 bits per heavy atom. The summed E-state index contributed by atoms with van der Waals surface area (Å²) in [6, 6.07) is 16.1. The Kier molecular flexibility index (Phi) is 3.12. The van der Waals surface area contributed by atoms with Crippen molar-refractivity contribution in [3.8, 4) is 17.2 Å². The van der Waals surface area contributed by atoms with Gasteiger partial charge in [0.15, 0.2) is 0 Å². The van der Waals surface area contributed by atoms with E-state index in [9.17, 15) is 0 Å². The van der Waals surface area contributed by atoms with Crippen LogP contribution in [0.4, 0.5) is 0 Å². The van der Waals surface area contributed by atoms with Crippen LogP contribution in [-0.4, -0.2) is 18.1 Å². The second kappa shape index (κ2) is 5.08. The number of guanidine groups is 1. The molecule has 2 unspecified atom stereocenters. The average Bonchev–Trinajstić information content (AvgIpc) is 3.04. The third-order valence-corrected chi connectivity index (χ3v) is 4.89. The topological polar surface area (TPSA) is 74.6 Å². The third-order valence-electron chi connectivity index (χ3n) is 4.89. The summed E-state index contributed by atoms with van der Waals surface area (Å²) in [6.45, 7) is 2.13. The lowest BCUT2D eigenvalue weighted by molar-refractivity contribution is -0.189. The lowest BCUT2D eigenvalue weighted by Gasteiger charge is -2.26. The van der Waals surface area contributed by atoms with E-state index in [1.54, 1.807) is 13.1 Å². The van der Waals surface area contributed by atoms with E-state index in [4.69, 9.17) is 15.8 Å². The molecule has 0 aromatic heterocycles. The zero-order valence-electron chi connectivity index (χ0n) is 13.7. The first-order chi connectivity index (χ1) is 11.5. The largest absolute Gasteiger partial charge is 0.368 e. The first kappa shape index (κ1) is 14.7. The van der Waals surface area contributed by atoms with Crippen LogP contribution in [0.1, 0.15) is 23.6 Å². The third kappa shape index (κ3) is 2.00. The molecule has 2 N–H and O–H groups in total. The van der Waals surface area contributed by atoms with Gasteiger partial charge in [0.05, 0.1) is 11.6 Å². The van der Waals surface area contributed by atoms with E-state index in [1.165, 1.54) is 10.6 Å². The molecule has 5 heteroatoms. The Morgan fingerprint density at radius 2 is 2.08 bits per heavy atom. The molecule has 4 rings (SSSR count). The highest BCUT2D eigenvalue weighted by Crippen LogP contribution is 2.48. The summed E-state index contributed by atoms with van der Waals surface area (Å²) in [5.74, 6) is 0.600. The number of nitriles is 1. The van der Waals surface area contributed by atoms with Gasteiger partial charge in [-0.3, -0.25) is 0 Å². The summed E-state index contributed by atoms with van der Waals surface area (Å²) in [5.41, 5.74) is 10.2. The quantitative estimate of drug-likeness (QED) is 0.877. The van der Waals surface area contributed by atoms with Gasteiger partial charge < -0.3 is 5.73 Å². The van der Waals surface area contributed by atoms with Crippen LogP contribution in [0.3, 0.4) is 0 Å². The van der Waals surface area contributed by atoms with Crippen molar-refractivity contribution < 1.29 is 4.84 Å². The van der Waals surface area contributed by atoms with Crippen LogP contribution < -0.4 is 5.73 Å². The van der Waals surface area contributed by atoms with E-state index in [1.807, 2.05) is 18.2 Å². The molecule has 0 amide bonds. The molecule has 2 aromatic carbocycles. The van der Waals surface area contributed by atoms with E-state index >= 15 is 0 Å². The van der Waals surface area contributed by atoms with Crippen LogP contribution in [0, 0.1) is 17.2 Å². The van der Waals surface area contributed by atoms with Crippen LogP contribution in [0.25, 0.3) is 11.1 Å². The second-order valence-corrected chi connectivity index (χ2v) is 6.42. The van der Waals surface area contributed by atoms with Crippen molar-refractivity contribution in [2.75, 3.05) is 7.05 Å². The van der Waals surface area contributed by atoms with Crippen LogP contribution >= 0.6 is 0 Å². The molecule has 0 fully saturated rings. The fraction of sp³-hybridized carbons (Fsp3) is 0.263. The van der Waals surface area contributed by atoms with E-state index < -0.39 is 5.72 Å². The van der Waals surface area contributed by atoms with Gasteiger partial charge in [0.2, 0.25) is 11.7 Å². The minimum atomic E-state index is -0.739. The van der Waals surface area contributed by atoms with Gasteiger partial charge in [-0.05, 0) is 41.3 Å². The van der Waals surface area contributed by atoms with Gasteiger partial charge in [0, 0.05) is 18.5 Å². The minimum Gasteiger partial charge on any atom is -0.368 e. The Labute approximate surface area is 140 Å². The van der Waals surface area contributed by atoms with Crippen LogP contribution in [-0.2, 0) is 17.0 Å². The molecule has 0 saturated carbocycles. The second-order valence-electron chi connectivity index (χ2n) is 6.42. The predicted molar refractivity (Wildman–Crippen MR) is 91.6 cm³/mol. The van der Waals surface area contributed by atoms with Crippen LogP contribution in [0.15, 0.2) is 47.5 Å². The van der Waals surface area contributed by atoms with Gasteiger partial charge in [0.25, 0.3) is 0 Å². The molecule has 120 valence electrons. The van der Waals surface area contributed by atoms with Crippen molar-refractivity contribution in [1.29, 1.82) is 5.26 Å². The molecule has 1 aliphatic carbocycles. The van der Waals surface area contributed by atoms with Gasteiger partial charge in [-0.2, -0.15) is 5.26 Å². The summed E-state index contributed by atoms with van der Waals surface area (Å²) < 4.78 is 0. The molecule has 1 aliphatic heterocycles.